The van der Waals surface area contributed by atoms with E-state index in [1.807, 2.05) is 20.8 Å². The highest BCUT2D eigenvalue weighted by Crippen LogP contribution is 2.33. The molecular formula is C23H26F4O5. The van der Waals surface area contributed by atoms with E-state index in [-0.39, 0.29) is 18.3 Å². The lowest BCUT2D eigenvalue weighted by molar-refractivity contribution is -0.275. The molecule has 1 heterocycles. The van der Waals surface area contributed by atoms with Crippen molar-refractivity contribution in [2.24, 2.45) is 0 Å². The summed E-state index contributed by atoms with van der Waals surface area (Å²) < 4.78 is 77.0. The van der Waals surface area contributed by atoms with E-state index in [4.69, 9.17) is 18.9 Å². The van der Waals surface area contributed by atoms with E-state index < -0.39 is 24.2 Å². The Bertz CT molecular complexity index is 881. The number of hydrogen-bond donors (Lipinski definition) is 0. The maximum absolute atomic E-state index is 13.8. The fraction of sp³-hybridized carbons (Fsp3) is 0.478. The average Bonchev–Trinajstić information content (AvgIpc) is 3.47. The molecule has 1 fully saturated rings. The predicted octanol–water partition coefficient (Wildman–Crippen LogP) is 6.00. The van der Waals surface area contributed by atoms with Gasteiger partial charge in [-0.3, -0.25) is 0 Å². The second-order valence-electron chi connectivity index (χ2n) is 7.79. The van der Waals surface area contributed by atoms with Crippen LogP contribution in [0, 0.1) is 5.82 Å². The molecule has 0 N–H and O–H groups in total. The summed E-state index contributed by atoms with van der Waals surface area (Å²) >= 11 is 0. The highest BCUT2D eigenvalue weighted by Gasteiger charge is 2.46. The molecular weight excluding hydrogens is 432 g/mol. The molecule has 0 aliphatic carbocycles. The van der Waals surface area contributed by atoms with E-state index in [2.05, 4.69) is 4.74 Å². The van der Waals surface area contributed by atoms with Crippen LogP contribution >= 0.6 is 0 Å². The van der Waals surface area contributed by atoms with Crippen LogP contribution in [0.25, 0.3) is 0 Å². The van der Waals surface area contributed by atoms with E-state index in [9.17, 15) is 17.6 Å². The van der Waals surface area contributed by atoms with Gasteiger partial charge in [0.2, 0.25) is 0 Å². The van der Waals surface area contributed by atoms with Gasteiger partial charge in [0.15, 0.2) is 17.9 Å². The first kappa shape index (κ1) is 24.1. The van der Waals surface area contributed by atoms with Gasteiger partial charge in [-0.05, 0) is 55.8 Å². The topological polar surface area (TPSA) is 49.5 Å². The Hall–Kier alpha value is -2.52. The lowest BCUT2D eigenvalue weighted by Crippen LogP contribution is -2.34. The zero-order valence-electron chi connectivity index (χ0n) is 18.1. The molecule has 0 aromatic heterocycles. The monoisotopic (exact) mass is 458 g/mol. The second kappa shape index (κ2) is 9.95. The molecule has 5 nitrogen and oxygen atoms in total. The van der Waals surface area contributed by atoms with Crippen LogP contribution in [-0.2, 0) is 16.1 Å². The fourth-order valence-corrected chi connectivity index (χ4v) is 2.89. The van der Waals surface area contributed by atoms with E-state index >= 15 is 0 Å². The van der Waals surface area contributed by atoms with Gasteiger partial charge in [-0.1, -0.05) is 19.4 Å². The number of benzene rings is 2. The van der Waals surface area contributed by atoms with Crippen molar-refractivity contribution < 1.29 is 41.2 Å². The fourth-order valence-electron chi connectivity index (χ4n) is 2.89. The molecule has 1 aliphatic rings. The van der Waals surface area contributed by atoms with Crippen molar-refractivity contribution in [2.75, 3.05) is 6.61 Å². The Morgan fingerprint density at radius 2 is 1.75 bits per heavy atom. The van der Waals surface area contributed by atoms with Gasteiger partial charge in [0, 0.05) is 6.42 Å². The van der Waals surface area contributed by atoms with Crippen LogP contribution in [0.15, 0.2) is 42.5 Å². The Labute approximate surface area is 184 Å². The zero-order valence-corrected chi connectivity index (χ0v) is 18.1. The van der Waals surface area contributed by atoms with Crippen molar-refractivity contribution in [3.63, 3.8) is 0 Å². The molecule has 0 amide bonds. The molecule has 3 atom stereocenters. The van der Waals surface area contributed by atoms with Crippen LogP contribution < -0.4 is 14.2 Å². The van der Waals surface area contributed by atoms with Crippen molar-refractivity contribution in [1.29, 1.82) is 0 Å². The predicted molar refractivity (Wildman–Crippen MR) is 108 cm³/mol. The molecule has 32 heavy (non-hydrogen) atoms. The van der Waals surface area contributed by atoms with Crippen molar-refractivity contribution in [3.05, 3.63) is 53.8 Å². The minimum Gasteiger partial charge on any atom is -0.489 e. The molecule has 0 saturated carbocycles. The maximum atomic E-state index is 13.8. The van der Waals surface area contributed by atoms with E-state index in [1.165, 1.54) is 6.07 Å². The quantitative estimate of drug-likeness (QED) is 0.235. The van der Waals surface area contributed by atoms with Crippen LogP contribution in [0.1, 0.15) is 39.2 Å². The van der Waals surface area contributed by atoms with Gasteiger partial charge >= 0.3 is 6.36 Å². The number of alkyl halides is 3. The molecule has 9 heteroatoms. The van der Waals surface area contributed by atoms with Crippen LogP contribution in [-0.4, -0.2) is 31.0 Å². The first-order valence-electron chi connectivity index (χ1n) is 10.3. The third-order valence-electron chi connectivity index (χ3n) is 5.06. The van der Waals surface area contributed by atoms with Gasteiger partial charge in [-0.2, -0.15) is 0 Å². The zero-order chi connectivity index (χ0) is 23.4. The summed E-state index contributed by atoms with van der Waals surface area (Å²) in [5, 5.41) is 0. The molecule has 2 aromatic rings. The molecule has 3 rings (SSSR count). The SMILES string of the molecule is CCCC(Oc1ccc(OCc2ccc(OC(F)(F)F)c(F)c2)cc1)OC(C)C1(C)CO1. The van der Waals surface area contributed by atoms with Crippen LogP contribution in [0.2, 0.25) is 0 Å². The van der Waals surface area contributed by atoms with Gasteiger partial charge in [0.25, 0.3) is 0 Å². The van der Waals surface area contributed by atoms with Gasteiger partial charge in [-0.15, -0.1) is 13.2 Å². The van der Waals surface area contributed by atoms with Crippen molar-refractivity contribution in [3.8, 4) is 17.2 Å². The van der Waals surface area contributed by atoms with E-state index in [0.717, 1.165) is 25.0 Å². The summed E-state index contributed by atoms with van der Waals surface area (Å²) in [6.07, 6.45) is -3.86. The van der Waals surface area contributed by atoms with E-state index in [0.29, 0.717) is 23.7 Å². The largest absolute Gasteiger partial charge is 0.573 e. The van der Waals surface area contributed by atoms with Gasteiger partial charge < -0.3 is 23.7 Å². The highest BCUT2D eigenvalue weighted by atomic mass is 19.4. The molecule has 0 radical (unpaired) electrons. The molecule has 0 spiro atoms. The number of ether oxygens (including phenoxy) is 5. The summed E-state index contributed by atoms with van der Waals surface area (Å²) in [6, 6.07) is 9.98. The highest BCUT2D eigenvalue weighted by molar-refractivity contribution is 5.32. The summed E-state index contributed by atoms with van der Waals surface area (Å²) in [6.45, 7) is 6.64. The third-order valence-corrected chi connectivity index (χ3v) is 5.06. The molecule has 176 valence electrons. The Kier molecular flexibility index (Phi) is 7.51. The molecule has 0 bridgehead atoms. The summed E-state index contributed by atoms with van der Waals surface area (Å²) in [5.74, 6) is -0.907. The average molecular weight is 458 g/mol. The lowest BCUT2D eigenvalue weighted by atomic mass is 10.1. The van der Waals surface area contributed by atoms with Crippen LogP contribution in [0.3, 0.4) is 0 Å². The smallest absolute Gasteiger partial charge is 0.489 e. The van der Waals surface area contributed by atoms with Gasteiger partial charge in [0.05, 0.1) is 12.7 Å². The number of hydrogen-bond acceptors (Lipinski definition) is 5. The Morgan fingerprint density at radius 1 is 1.09 bits per heavy atom. The minimum atomic E-state index is -4.95. The van der Waals surface area contributed by atoms with Crippen molar-refractivity contribution in [2.45, 2.75) is 64.6 Å². The van der Waals surface area contributed by atoms with Gasteiger partial charge in [-0.25, -0.2) is 4.39 Å². The normalized spacial score (nSPS) is 19.8. The second-order valence-corrected chi connectivity index (χ2v) is 7.79. The molecule has 3 unspecified atom stereocenters. The summed E-state index contributed by atoms with van der Waals surface area (Å²) in [5.41, 5.74) is 0.0994. The number of halogens is 4. The number of epoxide rings is 1. The summed E-state index contributed by atoms with van der Waals surface area (Å²) in [7, 11) is 0. The molecule has 2 aromatic carbocycles. The number of rotatable bonds is 11. The maximum Gasteiger partial charge on any atom is 0.573 e. The Morgan fingerprint density at radius 3 is 2.31 bits per heavy atom. The minimum absolute atomic E-state index is 0.0267. The third kappa shape index (κ3) is 7.00. The Balaban J connectivity index is 1.53. The van der Waals surface area contributed by atoms with Crippen LogP contribution in [0.5, 0.6) is 17.2 Å². The van der Waals surface area contributed by atoms with Crippen molar-refractivity contribution >= 4 is 0 Å². The van der Waals surface area contributed by atoms with Gasteiger partial charge in [0.1, 0.15) is 23.7 Å². The molecule has 1 aliphatic heterocycles. The first-order chi connectivity index (χ1) is 15.1. The first-order valence-corrected chi connectivity index (χ1v) is 10.3. The molecule has 1 saturated heterocycles. The standard InChI is InChI=1S/C23H26F4O5/c1-4-5-21(30-15(2)22(3)14-29-22)31-18-9-7-17(8-10-18)28-13-16-6-11-20(19(24)12-16)32-23(25,26)27/h6-12,15,21H,4-5,13-14H2,1-3H3. The lowest BCUT2D eigenvalue weighted by Gasteiger charge is -2.25. The van der Waals surface area contributed by atoms with Crippen molar-refractivity contribution in [1.82, 2.24) is 0 Å². The van der Waals surface area contributed by atoms with E-state index in [1.54, 1.807) is 24.3 Å². The summed E-state index contributed by atoms with van der Waals surface area (Å²) in [4.78, 5) is 0. The van der Waals surface area contributed by atoms with Crippen LogP contribution in [0.4, 0.5) is 17.6 Å².